The number of hydrogen-bond donors (Lipinski definition) is 2. The first-order valence-electron chi connectivity index (χ1n) is 12.0. The average molecular weight is 479 g/mol. The molecule has 184 valence electrons. The van der Waals surface area contributed by atoms with Crippen LogP contribution in [0.2, 0.25) is 0 Å². The second kappa shape index (κ2) is 10.8. The number of amides is 2. The van der Waals surface area contributed by atoms with Crippen molar-refractivity contribution in [3.05, 3.63) is 70.0 Å². The number of aromatic nitrogens is 1. The Morgan fingerprint density at radius 1 is 1.06 bits per heavy atom. The SMILES string of the molecule is O=C(NCc1ccccc1)N(CCCN1CCOCC1)Cc1cc2cc3c(cc2[nH]c1=O)OCO3. The maximum atomic E-state index is 13.2. The van der Waals surface area contributed by atoms with Crippen molar-refractivity contribution in [2.75, 3.05) is 46.2 Å². The van der Waals surface area contributed by atoms with Gasteiger partial charge in [-0.05, 0) is 24.1 Å². The van der Waals surface area contributed by atoms with Crippen LogP contribution in [0.25, 0.3) is 10.9 Å². The lowest BCUT2D eigenvalue weighted by atomic mass is 10.1. The minimum absolute atomic E-state index is 0.168. The lowest BCUT2D eigenvalue weighted by Gasteiger charge is -2.28. The Labute approximate surface area is 203 Å². The van der Waals surface area contributed by atoms with E-state index in [1.165, 1.54) is 0 Å². The van der Waals surface area contributed by atoms with Crippen LogP contribution < -0.4 is 20.3 Å². The lowest BCUT2D eigenvalue weighted by molar-refractivity contribution is 0.0364. The van der Waals surface area contributed by atoms with Gasteiger partial charge in [-0.15, -0.1) is 0 Å². The number of pyridine rings is 1. The molecule has 0 saturated carbocycles. The number of ether oxygens (including phenoxy) is 3. The molecule has 0 unspecified atom stereocenters. The largest absolute Gasteiger partial charge is 0.454 e. The van der Waals surface area contributed by atoms with E-state index in [1.54, 1.807) is 11.0 Å². The van der Waals surface area contributed by atoms with E-state index in [-0.39, 0.29) is 24.9 Å². The van der Waals surface area contributed by atoms with Crippen LogP contribution in [0.5, 0.6) is 11.5 Å². The van der Waals surface area contributed by atoms with Crippen molar-refractivity contribution in [2.45, 2.75) is 19.5 Å². The number of carbonyl (C=O) groups excluding carboxylic acids is 1. The molecule has 9 nitrogen and oxygen atoms in total. The number of morpholine rings is 1. The monoisotopic (exact) mass is 478 g/mol. The van der Waals surface area contributed by atoms with Crippen molar-refractivity contribution < 1.29 is 19.0 Å². The number of fused-ring (bicyclic) bond motifs is 2. The van der Waals surface area contributed by atoms with E-state index in [9.17, 15) is 9.59 Å². The van der Waals surface area contributed by atoms with Crippen LogP contribution in [0.4, 0.5) is 4.79 Å². The predicted octanol–water partition coefficient (Wildman–Crippen LogP) is 2.69. The zero-order valence-electron chi connectivity index (χ0n) is 19.6. The van der Waals surface area contributed by atoms with E-state index in [0.29, 0.717) is 35.7 Å². The van der Waals surface area contributed by atoms with Crippen LogP contribution in [0.3, 0.4) is 0 Å². The van der Waals surface area contributed by atoms with Gasteiger partial charge in [0.15, 0.2) is 11.5 Å². The maximum Gasteiger partial charge on any atom is 0.317 e. The van der Waals surface area contributed by atoms with Gasteiger partial charge < -0.3 is 29.4 Å². The first-order valence-corrected chi connectivity index (χ1v) is 12.0. The van der Waals surface area contributed by atoms with Gasteiger partial charge >= 0.3 is 6.03 Å². The third kappa shape index (κ3) is 5.75. The first-order chi connectivity index (χ1) is 17.2. The smallest absolute Gasteiger partial charge is 0.317 e. The van der Waals surface area contributed by atoms with E-state index >= 15 is 0 Å². The highest BCUT2D eigenvalue weighted by Crippen LogP contribution is 2.35. The fourth-order valence-corrected chi connectivity index (χ4v) is 4.41. The summed E-state index contributed by atoms with van der Waals surface area (Å²) in [7, 11) is 0. The Hall–Kier alpha value is -3.56. The molecule has 9 heteroatoms. The number of carbonyl (C=O) groups is 1. The number of urea groups is 1. The Balaban J connectivity index is 1.31. The van der Waals surface area contributed by atoms with E-state index in [4.69, 9.17) is 14.2 Å². The van der Waals surface area contributed by atoms with Gasteiger partial charge in [-0.1, -0.05) is 30.3 Å². The summed E-state index contributed by atoms with van der Waals surface area (Å²) in [6.07, 6.45) is 0.808. The Bertz CT molecular complexity index is 1220. The molecule has 0 aliphatic carbocycles. The van der Waals surface area contributed by atoms with Gasteiger partial charge in [0.1, 0.15) is 0 Å². The molecule has 2 aliphatic rings. The van der Waals surface area contributed by atoms with Crippen LogP contribution in [0.15, 0.2) is 53.3 Å². The molecular formula is C26H30N4O5. The molecule has 2 aromatic carbocycles. The predicted molar refractivity (Wildman–Crippen MR) is 132 cm³/mol. The maximum absolute atomic E-state index is 13.2. The molecule has 0 spiro atoms. The molecule has 1 saturated heterocycles. The van der Waals surface area contributed by atoms with Gasteiger partial charge in [-0.2, -0.15) is 0 Å². The fraction of sp³-hybridized carbons (Fsp3) is 0.385. The Morgan fingerprint density at radius 3 is 2.63 bits per heavy atom. The summed E-state index contributed by atoms with van der Waals surface area (Å²) in [5.74, 6) is 1.27. The second-order valence-electron chi connectivity index (χ2n) is 8.79. The highest BCUT2D eigenvalue weighted by Gasteiger charge is 2.19. The molecule has 2 amide bonds. The molecule has 5 rings (SSSR count). The molecular weight excluding hydrogens is 448 g/mol. The summed E-state index contributed by atoms with van der Waals surface area (Å²) in [6.45, 7) is 5.52. The van der Waals surface area contributed by atoms with Gasteiger partial charge in [-0.25, -0.2) is 4.79 Å². The van der Waals surface area contributed by atoms with Gasteiger partial charge in [0, 0.05) is 49.7 Å². The topological polar surface area (TPSA) is 96.1 Å². The highest BCUT2D eigenvalue weighted by molar-refractivity contribution is 5.83. The molecule has 3 heterocycles. The van der Waals surface area contributed by atoms with Crippen LogP contribution in [-0.2, 0) is 17.8 Å². The van der Waals surface area contributed by atoms with E-state index in [2.05, 4.69) is 15.2 Å². The Kier molecular flexibility index (Phi) is 7.15. The summed E-state index contributed by atoms with van der Waals surface area (Å²) in [5, 5.41) is 3.84. The third-order valence-electron chi connectivity index (χ3n) is 6.36. The van der Waals surface area contributed by atoms with Crippen molar-refractivity contribution >= 4 is 16.9 Å². The molecule has 0 radical (unpaired) electrons. The number of benzene rings is 2. The third-order valence-corrected chi connectivity index (χ3v) is 6.36. The van der Waals surface area contributed by atoms with E-state index < -0.39 is 0 Å². The van der Waals surface area contributed by atoms with Crippen LogP contribution in [-0.4, -0.2) is 67.0 Å². The van der Waals surface area contributed by atoms with Gasteiger partial charge in [0.2, 0.25) is 6.79 Å². The summed E-state index contributed by atoms with van der Waals surface area (Å²) in [6, 6.07) is 15.1. The number of rotatable bonds is 8. The number of hydrogen-bond acceptors (Lipinski definition) is 6. The normalized spacial score (nSPS) is 15.3. The second-order valence-corrected chi connectivity index (χ2v) is 8.79. The number of H-pyrrole nitrogens is 1. The van der Waals surface area contributed by atoms with Gasteiger partial charge in [0.25, 0.3) is 5.56 Å². The first kappa shape index (κ1) is 23.2. The minimum Gasteiger partial charge on any atom is -0.454 e. The van der Waals surface area contributed by atoms with Crippen molar-refractivity contribution in [1.82, 2.24) is 20.1 Å². The summed E-state index contributed by atoms with van der Waals surface area (Å²) < 4.78 is 16.3. The van der Waals surface area contributed by atoms with Gasteiger partial charge in [0.05, 0.1) is 25.3 Å². The number of nitrogens with zero attached hydrogens (tertiary/aromatic N) is 2. The van der Waals surface area contributed by atoms with Crippen LogP contribution in [0.1, 0.15) is 17.5 Å². The van der Waals surface area contributed by atoms with Crippen LogP contribution >= 0.6 is 0 Å². The number of aromatic amines is 1. The van der Waals surface area contributed by atoms with Crippen molar-refractivity contribution in [3.63, 3.8) is 0 Å². The summed E-state index contributed by atoms with van der Waals surface area (Å²) in [5.41, 5.74) is 2.01. The van der Waals surface area contributed by atoms with Crippen molar-refractivity contribution in [2.24, 2.45) is 0 Å². The highest BCUT2D eigenvalue weighted by atomic mass is 16.7. The van der Waals surface area contributed by atoms with E-state index in [0.717, 1.165) is 50.2 Å². The molecule has 1 aromatic heterocycles. The molecule has 35 heavy (non-hydrogen) atoms. The number of nitrogens with one attached hydrogen (secondary N) is 2. The summed E-state index contributed by atoms with van der Waals surface area (Å²) in [4.78, 5) is 33.0. The molecule has 0 bridgehead atoms. The zero-order valence-corrected chi connectivity index (χ0v) is 19.6. The standard InChI is InChI=1S/C26H30N4O5/c31-25-21(13-20-14-23-24(35-18-34-23)15-22(20)28-25)17-30(8-4-7-29-9-11-33-12-10-29)26(32)27-16-19-5-2-1-3-6-19/h1-3,5-6,13-15H,4,7-12,16-18H2,(H,27,32)(H,28,31). The molecule has 2 aliphatic heterocycles. The van der Waals surface area contributed by atoms with E-state index in [1.807, 2.05) is 42.5 Å². The summed E-state index contributed by atoms with van der Waals surface area (Å²) >= 11 is 0. The zero-order chi connectivity index (χ0) is 24.0. The molecule has 1 fully saturated rings. The van der Waals surface area contributed by atoms with Gasteiger partial charge in [-0.3, -0.25) is 9.69 Å². The molecule has 3 aromatic rings. The lowest BCUT2D eigenvalue weighted by Crippen LogP contribution is -2.42. The molecule has 0 atom stereocenters. The van der Waals surface area contributed by atoms with Crippen LogP contribution in [0, 0.1) is 0 Å². The quantitative estimate of drug-likeness (QED) is 0.517. The fourth-order valence-electron chi connectivity index (χ4n) is 4.41. The Morgan fingerprint density at radius 2 is 1.83 bits per heavy atom. The minimum atomic E-state index is -0.217. The van der Waals surface area contributed by atoms with Crippen molar-refractivity contribution in [1.29, 1.82) is 0 Å². The van der Waals surface area contributed by atoms with Crippen molar-refractivity contribution in [3.8, 4) is 11.5 Å². The average Bonchev–Trinajstić information content (AvgIpc) is 3.34. The molecule has 2 N–H and O–H groups in total.